The second-order valence-corrected chi connectivity index (χ2v) is 4.51. The summed E-state index contributed by atoms with van der Waals surface area (Å²) in [5.41, 5.74) is 6.42. The summed E-state index contributed by atoms with van der Waals surface area (Å²) >= 11 is 0.833. The summed E-state index contributed by atoms with van der Waals surface area (Å²) in [6, 6.07) is 8.86. The van der Waals surface area contributed by atoms with E-state index in [2.05, 4.69) is 4.98 Å². The van der Waals surface area contributed by atoms with Crippen molar-refractivity contribution in [1.29, 1.82) is 0 Å². The molecule has 0 bridgehead atoms. The first-order chi connectivity index (χ1) is 7.48. The molecule has 0 aliphatic rings. The Balaban J connectivity index is 2.58. The highest BCUT2D eigenvalue weighted by atomic mass is 32.1. The molecule has 2 nitrogen and oxygen atoms in total. The smallest absolute Gasteiger partial charge is 0.281 e. The van der Waals surface area contributed by atoms with E-state index in [9.17, 15) is 8.78 Å². The summed E-state index contributed by atoms with van der Waals surface area (Å²) in [4.78, 5) is 3.88. The zero-order valence-corrected chi connectivity index (χ0v) is 9.39. The SMILES string of the molecule is CC(F)(F)c1sc(N)nc1-c1ccccc1. The highest BCUT2D eigenvalue weighted by molar-refractivity contribution is 7.16. The third-order valence-electron chi connectivity index (χ3n) is 2.09. The lowest BCUT2D eigenvalue weighted by atomic mass is 10.1. The molecular weight excluding hydrogens is 230 g/mol. The number of nitrogen functional groups attached to an aromatic ring is 1. The van der Waals surface area contributed by atoms with E-state index in [1.54, 1.807) is 24.3 Å². The zero-order valence-electron chi connectivity index (χ0n) is 8.58. The number of anilines is 1. The van der Waals surface area contributed by atoms with Crippen molar-refractivity contribution in [3.63, 3.8) is 0 Å². The van der Waals surface area contributed by atoms with E-state index >= 15 is 0 Å². The van der Waals surface area contributed by atoms with Crippen molar-refractivity contribution < 1.29 is 8.78 Å². The predicted octanol–water partition coefficient (Wildman–Crippen LogP) is 3.50. The van der Waals surface area contributed by atoms with Gasteiger partial charge in [0.15, 0.2) is 5.13 Å². The van der Waals surface area contributed by atoms with Crippen molar-refractivity contribution in [2.45, 2.75) is 12.8 Å². The molecule has 16 heavy (non-hydrogen) atoms. The van der Waals surface area contributed by atoms with Crippen molar-refractivity contribution in [3.8, 4) is 11.3 Å². The van der Waals surface area contributed by atoms with E-state index in [4.69, 9.17) is 5.73 Å². The van der Waals surface area contributed by atoms with E-state index in [-0.39, 0.29) is 15.7 Å². The maximum absolute atomic E-state index is 13.3. The second kappa shape index (κ2) is 3.83. The lowest BCUT2D eigenvalue weighted by Crippen LogP contribution is -2.05. The van der Waals surface area contributed by atoms with Gasteiger partial charge in [0.1, 0.15) is 4.88 Å². The molecule has 0 saturated carbocycles. The summed E-state index contributed by atoms with van der Waals surface area (Å²) in [5.74, 6) is -2.92. The number of alkyl halides is 2. The van der Waals surface area contributed by atoms with Crippen LogP contribution in [0.5, 0.6) is 0 Å². The number of halogens is 2. The quantitative estimate of drug-likeness (QED) is 0.872. The Morgan fingerprint density at radius 1 is 1.25 bits per heavy atom. The normalized spacial score (nSPS) is 11.7. The van der Waals surface area contributed by atoms with Crippen molar-refractivity contribution >= 4 is 16.5 Å². The molecule has 0 saturated heterocycles. The molecule has 0 aliphatic carbocycles. The van der Waals surface area contributed by atoms with Crippen LogP contribution in [-0.2, 0) is 5.92 Å². The maximum Gasteiger partial charge on any atom is 0.281 e. The van der Waals surface area contributed by atoms with Gasteiger partial charge in [0.2, 0.25) is 0 Å². The van der Waals surface area contributed by atoms with E-state index in [0.29, 0.717) is 5.56 Å². The van der Waals surface area contributed by atoms with Crippen LogP contribution in [-0.4, -0.2) is 4.98 Å². The fourth-order valence-electron chi connectivity index (χ4n) is 1.43. The number of hydrogen-bond acceptors (Lipinski definition) is 3. The fraction of sp³-hybridized carbons (Fsp3) is 0.182. The lowest BCUT2D eigenvalue weighted by Gasteiger charge is -2.09. The van der Waals surface area contributed by atoms with E-state index in [1.165, 1.54) is 0 Å². The van der Waals surface area contributed by atoms with Crippen molar-refractivity contribution in [3.05, 3.63) is 35.2 Å². The van der Waals surface area contributed by atoms with Gasteiger partial charge in [-0.25, -0.2) is 13.8 Å². The molecule has 0 atom stereocenters. The highest BCUT2D eigenvalue weighted by Gasteiger charge is 2.31. The number of hydrogen-bond donors (Lipinski definition) is 1. The molecule has 0 radical (unpaired) electrons. The standard InChI is InChI=1S/C11H10F2N2S/c1-11(12,13)9-8(15-10(14)16-9)7-5-3-2-4-6-7/h2-6H,1H3,(H2,14,15). The number of nitrogens with zero attached hydrogens (tertiary/aromatic N) is 1. The van der Waals surface area contributed by atoms with Gasteiger partial charge in [-0.2, -0.15) is 0 Å². The third kappa shape index (κ3) is 2.04. The summed E-state index contributed by atoms with van der Waals surface area (Å²) in [6.07, 6.45) is 0. The van der Waals surface area contributed by atoms with Crippen LogP contribution in [0.1, 0.15) is 11.8 Å². The molecule has 2 N–H and O–H groups in total. The number of rotatable bonds is 2. The second-order valence-electron chi connectivity index (χ2n) is 3.48. The minimum atomic E-state index is -2.92. The zero-order chi connectivity index (χ0) is 11.8. The summed E-state index contributed by atoms with van der Waals surface area (Å²) < 4.78 is 26.7. The van der Waals surface area contributed by atoms with Gasteiger partial charge in [-0.3, -0.25) is 0 Å². The molecule has 5 heteroatoms. The van der Waals surface area contributed by atoms with E-state index in [0.717, 1.165) is 18.3 Å². The van der Waals surface area contributed by atoms with Gasteiger partial charge in [0, 0.05) is 12.5 Å². The Bertz CT molecular complexity index is 488. The predicted molar refractivity (Wildman–Crippen MR) is 61.5 cm³/mol. The Hall–Kier alpha value is -1.49. The average Bonchev–Trinajstić information content (AvgIpc) is 2.61. The molecule has 0 spiro atoms. The summed E-state index contributed by atoms with van der Waals surface area (Å²) in [6.45, 7) is 0.854. The summed E-state index contributed by atoms with van der Waals surface area (Å²) in [7, 11) is 0. The Labute approximate surface area is 95.7 Å². The van der Waals surface area contributed by atoms with Crippen molar-refractivity contribution in [2.75, 3.05) is 5.73 Å². The van der Waals surface area contributed by atoms with Gasteiger partial charge in [-0.1, -0.05) is 41.7 Å². The Kier molecular flexibility index (Phi) is 2.63. The molecule has 84 valence electrons. The van der Waals surface area contributed by atoms with Crippen LogP contribution >= 0.6 is 11.3 Å². The van der Waals surface area contributed by atoms with Gasteiger partial charge < -0.3 is 5.73 Å². The first-order valence-corrected chi connectivity index (χ1v) is 5.50. The van der Waals surface area contributed by atoms with Crippen LogP contribution in [0.4, 0.5) is 13.9 Å². The van der Waals surface area contributed by atoms with Gasteiger partial charge >= 0.3 is 0 Å². The molecule has 2 aromatic rings. The average molecular weight is 240 g/mol. The van der Waals surface area contributed by atoms with Crippen molar-refractivity contribution in [1.82, 2.24) is 4.98 Å². The first-order valence-electron chi connectivity index (χ1n) is 4.68. The van der Waals surface area contributed by atoms with Crippen LogP contribution in [0.25, 0.3) is 11.3 Å². The van der Waals surface area contributed by atoms with Gasteiger partial charge in [-0.15, -0.1) is 0 Å². The Morgan fingerprint density at radius 2 is 1.88 bits per heavy atom. The molecule has 1 heterocycles. The van der Waals surface area contributed by atoms with Gasteiger partial charge in [0.25, 0.3) is 5.92 Å². The van der Waals surface area contributed by atoms with Crippen molar-refractivity contribution in [2.24, 2.45) is 0 Å². The highest BCUT2D eigenvalue weighted by Crippen LogP contribution is 2.40. The maximum atomic E-state index is 13.3. The molecule has 1 aromatic heterocycles. The van der Waals surface area contributed by atoms with E-state index in [1.807, 2.05) is 6.07 Å². The molecule has 0 unspecified atom stereocenters. The van der Waals surface area contributed by atoms with Crippen LogP contribution in [0.2, 0.25) is 0 Å². The van der Waals surface area contributed by atoms with E-state index < -0.39 is 5.92 Å². The lowest BCUT2D eigenvalue weighted by molar-refractivity contribution is 0.0219. The molecular formula is C11H10F2N2S. The summed E-state index contributed by atoms with van der Waals surface area (Å²) in [5, 5.41) is 0.162. The number of thiazole rings is 1. The van der Waals surface area contributed by atoms with Crippen LogP contribution in [0, 0.1) is 0 Å². The van der Waals surface area contributed by atoms with Gasteiger partial charge in [0.05, 0.1) is 5.69 Å². The number of aromatic nitrogens is 1. The molecule has 1 aromatic carbocycles. The molecule has 0 aliphatic heterocycles. The molecule has 2 rings (SSSR count). The van der Waals surface area contributed by atoms with Crippen LogP contribution in [0.3, 0.4) is 0 Å². The van der Waals surface area contributed by atoms with Crippen LogP contribution in [0.15, 0.2) is 30.3 Å². The number of benzene rings is 1. The number of nitrogens with two attached hydrogens (primary N) is 1. The fourth-order valence-corrected chi connectivity index (χ4v) is 2.21. The topological polar surface area (TPSA) is 38.9 Å². The monoisotopic (exact) mass is 240 g/mol. The van der Waals surface area contributed by atoms with Gasteiger partial charge in [-0.05, 0) is 0 Å². The Morgan fingerprint density at radius 3 is 2.44 bits per heavy atom. The minimum Gasteiger partial charge on any atom is -0.375 e. The molecule has 0 amide bonds. The first kappa shape index (κ1) is 11.0. The minimum absolute atomic E-state index is 0.0869. The largest absolute Gasteiger partial charge is 0.375 e. The third-order valence-corrected chi connectivity index (χ3v) is 3.15. The van der Waals surface area contributed by atoms with Crippen LogP contribution < -0.4 is 5.73 Å². The molecule has 0 fully saturated rings.